The summed E-state index contributed by atoms with van der Waals surface area (Å²) in [6.07, 6.45) is 10.7. The van der Waals surface area contributed by atoms with E-state index in [1.54, 1.807) is 0 Å². The van der Waals surface area contributed by atoms with Crippen LogP contribution in [0.3, 0.4) is 0 Å². The number of hydrogen-bond acceptors (Lipinski definition) is 2. The monoisotopic (exact) mass is 483 g/mol. The summed E-state index contributed by atoms with van der Waals surface area (Å²) < 4.78 is 2.07. The van der Waals surface area contributed by atoms with Crippen molar-refractivity contribution >= 4 is 29.9 Å². The second-order valence-electron chi connectivity index (χ2n) is 6.77. The maximum Gasteiger partial charge on any atom is 0.191 e. The van der Waals surface area contributed by atoms with Crippen molar-refractivity contribution in [1.29, 1.82) is 0 Å². The normalized spacial score (nSPS) is 12.3. The van der Waals surface area contributed by atoms with Crippen LogP contribution in [0.1, 0.15) is 50.7 Å². The SMILES string of the molecule is CCCCC(CC)CNC(=NC)NCc1ccc(Cn2ccnc2)cc1.I. The van der Waals surface area contributed by atoms with Crippen LogP contribution in [0.5, 0.6) is 0 Å². The number of halogens is 1. The van der Waals surface area contributed by atoms with Crippen molar-refractivity contribution < 1.29 is 0 Å². The van der Waals surface area contributed by atoms with Crippen LogP contribution in [0.4, 0.5) is 0 Å². The molecule has 1 heterocycles. The molecule has 0 saturated heterocycles. The van der Waals surface area contributed by atoms with E-state index in [2.05, 4.69) is 63.3 Å². The van der Waals surface area contributed by atoms with E-state index in [1.807, 2.05) is 25.8 Å². The van der Waals surface area contributed by atoms with Gasteiger partial charge in [0.1, 0.15) is 0 Å². The second-order valence-corrected chi connectivity index (χ2v) is 6.77. The van der Waals surface area contributed by atoms with Crippen LogP contribution in [-0.4, -0.2) is 29.1 Å². The lowest BCUT2D eigenvalue weighted by atomic mass is 9.99. The van der Waals surface area contributed by atoms with Crippen LogP contribution in [0.25, 0.3) is 0 Å². The highest BCUT2D eigenvalue weighted by molar-refractivity contribution is 14.0. The number of imidazole rings is 1. The van der Waals surface area contributed by atoms with E-state index in [1.165, 1.54) is 36.8 Å². The Bertz CT molecular complexity index is 637. The Morgan fingerprint density at radius 3 is 2.48 bits per heavy atom. The molecule has 2 aromatic rings. The lowest BCUT2D eigenvalue weighted by Crippen LogP contribution is -2.39. The molecule has 0 spiro atoms. The fourth-order valence-electron chi connectivity index (χ4n) is 2.94. The molecule has 0 amide bonds. The van der Waals surface area contributed by atoms with Gasteiger partial charge in [-0.2, -0.15) is 0 Å². The first-order valence-electron chi connectivity index (χ1n) is 9.73. The van der Waals surface area contributed by atoms with Crippen molar-refractivity contribution in [2.45, 2.75) is 52.6 Å². The molecule has 0 saturated carbocycles. The summed E-state index contributed by atoms with van der Waals surface area (Å²) in [7, 11) is 1.83. The molecule has 0 aliphatic rings. The Hall–Kier alpha value is -1.57. The van der Waals surface area contributed by atoms with Crippen LogP contribution >= 0.6 is 24.0 Å². The number of nitrogens with zero attached hydrogens (tertiary/aromatic N) is 3. The van der Waals surface area contributed by atoms with Gasteiger partial charge in [0.15, 0.2) is 5.96 Å². The second kappa shape index (κ2) is 13.6. The highest BCUT2D eigenvalue weighted by Gasteiger charge is 2.07. The Morgan fingerprint density at radius 1 is 1.15 bits per heavy atom. The topological polar surface area (TPSA) is 54.2 Å². The maximum absolute atomic E-state index is 4.34. The van der Waals surface area contributed by atoms with Crippen LogP contribution in [0.2, 0.25) is 0 Å². The molecule has 0 fully saturated rings. The summed E-state index contributed by atoms with van der Waals surface area (Å²) in [6, 6.07) is 8.68. The summed E-state index contributed by atoms with van der Waals surface area (Å²) in [6.45, 7) is 7.13. The molecule has 150 valence electrons. The molecule has 2 rings (SSSR count). The fraction of sp³-hybridized carbons (Fsp3) is 0.524. The Kier molecular flexibility index (Phi) is 11.8. The average molecular weight is 483 g/mol. The molecule has 5 nitrogen and oxygen atoms in total. The Balaban J connectivity index is 0.00000364. The molecule has 1 unspecified atom stereocenters. The molecular formula is C21H34IN5. The predicted octanol–water partition coefficient (Wildman–Crippen LogP) is 4.43. The van der Waals surface area contributed by atoms with Crippen molar-refractivity contribution in [2.24, 2.45) is 10.9 Å². The van der Waals surface area contributed by atoms with Crippen molar-refractivity contribution in [2.75, 3.05) is 13.6 Å². The van der Waals surface area contributed by atoms with Gasteiger partial charge in [0.25, 0.3) is 0 Å². The third-order valence-corrected chi connectivity index (χ3v) is 4.73. The smallest absolute Gasteiger partial charge is 0.191 e. The van der Waals surface area contributed by atoms with Crippen LogP contribution < -0.4 is 10.6 Å². The largest absolute Gasteiger partial charge is 0.356 e. The first-order valence-corrected chi connectivity index (χ1v) is 9.73. The number of unbranched alkanes of at least 4 members (excludes halogenated alkanes) is 1. The van der Waals surface area contributed by atoms with Crippen LogP contribution in [-0.2, 0) is 13.1 Å². The van der Waals surface area contributed by atoms with Gasteiger partial charge in [0, 0.05) is 39.1 Å². The minimum absolute atomic E-state index is 0. The van der Waals surface area contributed by atoms with E-state index in [0.29, 0.717) is 0 Å². The Morgan fingerprint density at radius 2 is 1.89 bits per heavy atom. The molecule has 27 heavy (non-hydrogen) atoms. The molecule has 1 aromatic carbocycles. The van der Waals surface area contributed by atoms with Gasteiger partial charge in [-0.15, -0.1) is 24.0 Å². The van der Waals surface area contributed by atoms with E-state index in [9.17, 15) is 0 Å². The van der Waals surface area contributed by atoms with E-state index < -0.39 is 0 Å². The molecule has 0 aliphatic carbocycles. The standard InChI is InChI=1S/C21H33N5.HI/c1-4-6-7-18(5-2)14-24-21(22-3)25-15-19-8-10-20(11-9-19)16-26-13-12-23-17-26;/h8-13,17-18H,4-7,14-16H2,1-3H3,(H2,22,24,25);1H. The molecular weight excluding hydrogens is 449 g/mol. The summed E-state index contributed by atoms with van der Waals surface area (Å²) in [5.74, 6) is 1.60. The van der Waals surface area contributed by atoms with Gasteiger partial charge in [-0.1, -0.05) is 57.4 Å². The van der Waals surface area contributed by atoms with E-state index >= 15 is 0 Å². The minimum atomic E-state index is 0. The predicted molar refractivity (Wildman–Crippen MR) is 125 cm³/mol. The van der Waals surface area contributed by atoms with E-state index in [0.717, 1.165) is 31.5 Å². The number of hydrogen-bond donors (Lipinski definition) is 2. The number of aliphatic imine (C=N–C) groups is 1. The Labute approximate surface area is 181 Å². The average Bonchev–Trinajstić information content (AvgIpc) is 3.18. The van der Waals surface area contributed by atoms with Gasteiger partial charge in [0.2, 0.25) is 0 Å². The van der Waals surface area contributed by atoms with Gasteiger partial charge < -0.3 is 15.2 Å². The van der Waals surface area contributed by atoms with E-state index in [4.69, 9.17) is 0 Å². The zero-order valence-corrected chi connectivity index (χ0v) is 19.1. The molecule has 2 N–H and O–H groups in total. The number of benzene rings is 1. The summed E-state index contributed by atoms with van der Waals surface area (Å²) in [5.41, 5.74) is 2.52. The lowest BCUT2D eigenvalue weighted by molar-refractivity contribution is 0.443. The van der Waals surface area contributed by atoms with Gasteiger partial charge in [-0.05, 0) is 23.5 Å². The zero-order chi connectivity index (χ0) is 18.6. The van der Waals surface area contributed by atoms with Crippen LogP contribution in [0.15, 0.2) is 48.0 Å². The zero-order valence-electron chi connectivity index (χ0n) is 16.8. The number of nitrogens with one attached hydrogen (secondary N) is 2. The van der Waals surface area contributed by atoms with Crippen molar-refractivity contribution in [3.05, 3.63) is 54.1 Å². The first-order chi connectivity index (χ1) is 12.7. The maximum atomic E-state index is 4.34. The molecule has 6 heteroatoms. The quantitative estimate of drug-likeness (QED) is 0.299. The van der Waals surface area contributed by atoms with Crippen molar-refractivity contribution in [3.8, 4) is 0 Å². The number of rotatable bonds is 10. The first kappa shape index (κ1) is 23.5. The van der Waals surface area contributed by atoms with Gasteiger partial charge >= 0.3 is 0 Å². The third kappa shape index (κ3) is 8.77. The third-order valence-electron chi connectivity index (χ3n) is 4.73. The molecule has 1 atom stereocenters. The lowest BCUT2D eigenvalue weighted by Gasteiger charge is -2.18. The molecule has 0 bridgehead atoms. The summed E-state index contributed by atoms with van der Waals surface area (Å²) in [4.78, 5) is 8.42. The van der Waals surface area contributed by atoms with E-state index in [-0.39, 0.29) is 24.0 Å². The summed E-state index contributed by atoms with van der Waals surface area (Å²) in [5, 5.41) is 6.88. The fourth-order valence-corrected chi connectivity index (χ4v) is 2.94. The molecule has 1 aromatic heterocycles. The molecule has 0 aliphatic heterocycles. The van der Waals surface area contributed by atoms with Crippen molar-refractivity contribution in [3.63, 3.8) is 0 Å². The minimum Gasteiger partial charge on any atom is -0.356 e. The van der Waals surface area contributed by atoms with Gasteiger partial charge in [0.05, 0.1) is 6.33 Å². The van der Waals surface area contributed by atoms with Crippen LogP contribution in [0, 0.1) is 5.92 Å². The number of guanidine groups is 1. The highest BCUT2D eigenvalue weighted by Crippen LogP contribution is 2.11. The number of aromatic nitrogens is 2. The highest BCUT2D eigenvalue weighted by atomic mass is 127. The summed E-state index contributed by atoms with van der Waals surface area (Å²) >= 11 is 0. The van der Waals surface area contributed by atoms with Gasteiger partial charge in [-0.25, -0.2) is 4.98 Å². The van der Waals surface area contributed by atoms with Gasteiger partial charge in [-0.3, -0.25) is 4.99 Å². The van der Waals surface area contributed by atoms with Crippen molar-refractivity contribution in [1.82, 2.24) is 20.2 Å². The molecule has 0 radical (unpaired) electrons.